The van der Waals surface area contributed by atoms with Crippen molar-refractivity contribution in [1.82, 2.24) is 4.90 Å². The first-order valence-electron chi connectivity index (χ1n) is 10.3. The van der Waals surface area contributed by atoms with Crippen LogP contribution in [-0.4, -0.2) is 37.0 Å². The predicted octanol–water partition coefficient (Wildman–Crippen LogP) is 4.45. The Bertz CT molecular complexity index is 894. The van der Waals surface area contributed by atoms with Gasteiger partial charge in [-0.1, -0.05) is 31.2 Å². The first kappa shape index (κ1) is 18.6. The van der Waals surface area contributed by atoms with E-state index >= 15 is 0 Å². The van der Waals surface area contributed by atoms with Gasteiger partial charge in [-0.2, -0.15) is 0 Å². The highest BCUT2D eigenvalue weighted by atomic mass is 16.1. The van der Waals surface area contributed by atoms with Crippen molar-refractivity contribution >= 4 is 23.0 Å². The number of hydrogen-bond donors (Lipinski definition) is 1. The van der Waals surface area contributed by atoms with Gasteiger partial charge >= 0.3 is 0 Å². The summed E-state index contributed by atoms with van der Waals surface area (Å²) in [5.74, 6) is 0.122. The number of carbonyl (C=O) groups is 1. The highest BCUT2D eigenvalue weighted by Crippen LogP contribution is 2.29. The second-order valence-electron chi connectivity index (χ2n) is 7.73. The summed E-state index contributed by atoms with van der Waals surface area (Å²) in [5.41, 5.74) is 7.45. The maximum atomic E-state index is 11.6. The van der Waals surface area contributed by atoms with E-state index in [0.717, 1.165) is 44.7 Å². The number of amides is 1. The summed E-state index contributed by atoms with van der Waals surface area (Å²) >= 11 is 0. The van der Waals surface area contributed by atoms with Crippen molar-refractivity contribution in [1.29, 1.82) is 0 Å². The number of nitrogens with zero attached hydrogens (tertiary/aromatic N) is 2. The first-order chi connectivity index (χ1) is 13.6. The van der Waals surface area contributed by atoms with Gasteiger partial charge in [-0.15, -0.1) is 0 Å². The van der Waals surface area contributed by atoms with E-state index < -0.39 is 0 Å². The molecule has 146 valence electrons. The van der Waals surface area contributed by atoms with Crippen LogP contribution in [0.5, 0.6) is 0 Å². The minimum Gasteiger partial charge on any atom is -0.368 e. The molecule has 0 spiro atoms. The minimum absolute atomic E-state index is 0.122. The van der Waals surface area contributed by atoms with Gasteiger partial charge in [0.2, 0.25) is 5.91 Å². The molecule has 4 heteroatoms. The fourth-order valence-electron chi connectivity index (χ4n) is 4.20. The van der Waals surface area contributed by atoms with Crippen molar-refractivity contribution in [2.45, 2.75) is 33.1 Å². The van der Waals surface area contributed by atoms with E-state index in [1.807, 2.05) is 0 Å². The van der Waals surface area contributed by atoms with Crippen LogP contribution >= 0.6 is 0 Å². The maximum absolute atomic E-state index is 11.6. The topological polar surface area (TPSA) is 35.6 Å². The molecule has 4 rings (SSSR count). The summed E-state index contributed by atoms with van der Waals surface area (Å²) in [5, 5.41) is 2.99. The molecule has 1 fully saturated rings. The molecule has 2 heterocycles. The van der Waals surface area contributed by atoms with Gasteiger partial charge in [0.25, 0.3) is 0 Å². The number of rotatable bonds is 4. The number of anilines is 2. The number of hydrogen-bond acceptors (Lipinski definition) is 3. The van der Waals surface area contributed by atoms with Crippen LogP contribution in [-0.2, 0) is 11.2 Å². The quantitative estimate of drug-likeness (QED) is 0.857. The van der Waals surface area contributed by atoms with Gasteiger partial charge in [-0.3, -0.25) is 4.79 Å². The molecule has 2 aromatic carbocycles. The van der Waals surface area contributed by atoms with Gasteiger partial charge < -0.3 is 15.1 Å². The molecular weight excluding hydrogens is 346 g/mol. The Morgan fingerprint density at radius 2 is 1.89 bits per heavy atom. The van der Waals surface area contributed by atoms with E-state index in [1.165, 1.54) is 28.1 Å². The molecule has 0 unspecified atom stereocenters. The lowest BCUT2D eigenvalue weighted by molar-refractivity contribution is -0.116. The van der Waals surface area contributed by atoms with Crippen LogP contribution in [0.25, 0.3) is 5.70 Å². The molecule has 0 aromatic heterocycles. The Morgan fingerprint density at radius 3 is 2.64 bits per heavy atom. The number of fused-ring (bicyclic) bond motifs is 1. The number of benzene rings is 2. The largest absolute Gasteiger partial charge is 0.368 e. The number of piperazine rings is 1. The molecule has 28 heavy (non-hydrogen) atoms. The van der Waals surface area contributed by atoms with Crippen molar-refractivity contribution in [2.75, 3.05) is 36.4 Å². The van der Waals surface area contributed by atoms with Gasteiger partial charge in [0.1, 0.15) is 0 Å². The van der Waals surface area contributed by atoms with Crippen molar-refractivity contribution in [2.24, 2.45) is 0 Å². The summed E-state index contributed by atoms with van der Waals surface area (Å²) in [6.07, 6.45) is 4.76. The first-order valence-corrected chi connectivity index (χ1v) is 10.3. The molecule has 0 radical (unpaired) electrons. The maximum Gasteiger partial charge on any atom is 0.224 e. The third kappa shape index (κ3) is 3.91. The molecular formula is C24H29N3O. The fourth-order valence-corrected chi connectivity index (χ4v) is 4.20. The third-order valence-electron chi connectivity index (χ3n) is 5.68. The molecule has 2 aromatic rings. The number of carbonyl (C=O) groups excluding carboxylic acids is 1. The van der Waals surface area contributed by atoms with Crippen molar-refractivity contribution in [3.63, 3.8) is 0 Å². The summed E-state index contributed by atoms with van der Waals surface area (Å²) < 4.78 is 0. The second kappa shape index (κ2) is 8.09. The lowest BCUT2D eigenvalue weighted by Crippen LogP contribution is -2.45. The Morgan fingerprint density at radius 1 is 1.07 bits per heavy atom. The van der Waals surface area contributed by atoms with E-state index in [2.05, 4.69) is 77.5 Å². The lowest BCUT2D eigenvalue weighted by atomic mass is 9.98. The average molecular weight is 376 g/mol. The van der Waals surface area contributed by atoms with Crippen molar-refractivity contribution in [3.8, 4) is 0 Å². The van der Waals surface area contributed by atoms with Crippen LogP contribution in [0.1, 0.15) is 36.5 Å². The average Bonchev–Trinajstić information content (AvgIpc) is 2.72. The molecule has 1 N–H and O–H groups in total. The van der Waals surface area contributed by atoms with Gasteiger partial charge in [0.15, 0.2) is 0 Å². The summed E-state index contributed by atoms with van der Waals surface area (Å²) in [7, 11) is 0. The van der Waals surface area contributed by atoms with E-state index in [-0.39, 0.29) is 5.91 Å². The zero-order valence-corrected chi connectivity index (χ0v) is 16.9. The van der Waals surface area contributed by atoms with Crippen LogP contribution in [0.4, 0.5) is 11.4 Å². The summed E-state index contributed by atoms with van der Waals surface area (Å²) in [6, 6.07) is 15.3. The van der Waals surface area contributed by atoms with Crippen LogP contribution in [0.15, 0.2) is 48.5 Å². The molecule has 2 aliphatic heterocycles. The number of aryl methyl sites for hydroxylation is 2. The smallest absolute Gasteiger partial charge is 0.224 e. The van der Waals surface area contributed by atoms with Gasteiger partial charge in [0, 0.05) is 49.7 Å². The monoisotopic (exact) mass is 375 g/mol. The van der Waals surface area contributed by atoms with Crippen LogP contribution in [0.3, 0.4) is 0 Å². The van der Waals surface area contributed by atoms with E-state index in [1.54, 1.807) is 0 Å². The minimum atomic E-state index is 0.122. The standard InChI is InChI=1S/C24H29N3O/c1-3-5-23(20-8-10-22-19(17-20)9-11-24(28)25-22)27-14-12-26(13-15-27)21-7-4-6-18(2)16-21/h4-8,10,16-17H,3,9,11-15H2,1-2H3,(H,25,28)/b23-5-. The Balaban J connectivity index is 1.50. The molecule has 0 saturated carbocycles. The molecule has 4 nitrogen and oxygen atoms in total. The third-order valence-corrected chi connectivity index (χ3v) is 5.68. The number of nitrogens with one attached hydrogen (secondary N) is 1. The zero-order valence-electron chi connectivity index (χ0n) is 16.9. The van der Waals surface area contributed by atoms with E-state index in [0.29, 0.717) is 6.42 Å². The van der Waals surface area contributed by atoms with Crippen LogP contribution in [0.2, 0.25) is 0 Å². The molecule has 0 bridgehead atoms. The van der Waals surface area contributed by atoms with E-state index in [4.69, 9.17) is 0 Å². The lowest BCUT2D eigenvalue weighted by Gasteiger charge is -2.39. The predicted molar refractivity (Wildman–Crippen MR) is 117 cm³/mol. The fraction of sp³-hybridized carbons (Fsp3) is 0.375. The Hall–Kier alpha value is -2.75. The van der Waals surface area contributed by atoms with Crippen LogP contribution < -0.4 is 10.2 Å². The molecule has 1 saturated heterocycles. The van der Waals surface area contributed by atoms with Gasteiger partial charge in [-0.05, 0) is 60.7 Å². The molecule has 1 amide bonds. The van der Waals surface area contributed by atoms with Gasteiger partial charge in [0.05, 0.1) is 0 Å². The SMILES string of the molecule is CC/C=C(/c1ccc2c(c1)CCC(=O)N2)N1CCN(c2cccc(C)c2)CC1. The van der Waals surface area contributed by atoms with Crippen LogP contribution in [0, 0.1) is 6.92 Å². The molecule has 0 atom stereocenters. The van der Waals surface area contributed by atoms with Crippen molar-refractivity contribution < 1.29 is 4.79 Å². The Kier molecular flexibility index (Phi) is 5.38. The zero-order chi connectivity index (χ0) is 19.5. The van der Waals surface area contributed by atoms with Crippen molar-refractivity contribution in [3.05, 3.63) is 65.2 Å². The van der Waals surface area contributed by atoms with Gasteiger partial charge in [-0.25, -0.2) is 0 Å². The summed E-state index contributed by atoms with van der Waals surface area (Å²) in [6.45, 7) is 8.46. The highest BCUT2D eigenvalue weighted by molar-refractivity contribution is 5.94. The summed E-state index contributed by atoms with van der Waals surface area (Å²) in [4.78, 5) is 16.6. The second-order valence-corrected chi connectivity index (χ2v) is 7.73. The highest BCUT2D eigenvalue weighted by Gasteiger charge is 2.21. The Labute approximate surface area is 167 Å². The molecule has 0 aliphatic carbocycles. The van der Waals surface area contributed by atoms with E-state index in [9.17, 15) is 4.79 Å². The molecule has 2 aliphatic rings. The normalized spacial score (nSPS) is 17.4. The number of allylic oxidation sites excluding steroid dienone is 1.